The number of rotatable bonds is 5. The highest BCUT2D eigenvalue weighted by atomic mass is 79.9. The van der Waals surface area contributed by atoms with E-state index < -0.39 is 12.7 Å². The number of H-pyrrole nitrogens is 1. The summed E-state index contributed by atoms with van der Waals surface area (Å²) in [6.45, 7) is -0.567. The number of aliphatic imine (C=N–C) groups is 1. The molecule has 2 aromatic carbocycles. The normalized spacial score (nSPS) is 15.8. The first-order chi connectivity index (χ1) is 13.1. The summed E-state index contributed by atoms with van der Waals surface area (Å²) >= 11 is 3.42. The van der Waals surface area contributed by atoms with Crippen molar-refractivity contribution in [1.29, 1.82) is 0 Å². The van der Waals surface area contributed by atoms with Gasteiger partial charge in [-0.05, 0) is 18.2 Å². The number of aliphatic hydroxyl groups excluding tert-OH is 2. The number of nitrogens with zero attached hydrogens (tertiary/aromatic N) is 2. The standard InChI is InChI=1S/C19H16BrN3O4/c20-10-5-6-12-15(7-10)22-19(26)16(12)18-17(23-27-9-11(25)8-24)13-3-1-2-4-14(13)21-18/h1-7,11,22,24-26H,8-9H2/b23-17-. The molecule has 0 spiro atoms. The molecule has 1 unspecified atom stereocenters. The molecule has 7 nitrogen and oxygen atoms in total. The topological polar surface area (TPSA) is 110 Å². The lowest BCUT2D eigenvalue weighted by atomic mass is 10.0. The highest BCUT2D eigenvalue weighted by Gasteiger charge is 2.29. The van der Waals surface area contributed by atoms with E-state index in [1.807, 2.05) is 42.5 Å². The number of hydrogen-bond acceptors (Lipinski definition) is 6. The molecule has 0 aliphatic carbocycles. The number of halogens is 1. The minimum atomic E-state index is -1.02. The van der Waals surface area contributed by atoms with Gasteiger partial charge < -0.3 is 25.1 Å². The maximum Gasteiger partial charge on any atom is 0.199 e. The largest absolute Gasteiger partial charge is 0.494 e. The molecule has 0 fully saturated rings. The van der Waals surface area contributed by atoms with Crippen molar-refractivity contribution in [3.63, 3.8) is 0 Å². The number of aliphatic hydroxyl groups is 2. The Labute approximate surface area is 162 Å². The summed E-state index contributed by atoms with van der Waals surface area (Å²) in [5.41, 5.74) is 3.68. The van der Waals surface area contributed by atoms with Crippen LogP contribution in [0.4, 0.5) is 5.69 Å². The summed E-state index contributed by atoms with van der Waals surface area (Å²) in [5, 5.41) is 33.8. The highest BCUT2D eigenvalue weighted by molar-refractivity contribution is 9.10. The van der Waals surface area contributed by atoms with Gasteiger partial charge in [0.15, 0.2) is 5.88 Å². The Morgan fingerprint density at radius 2 is 2.04 bits per heavy atom. The van der Waals surface area contributed by atoms with Gasteiger partial charge in [0.05, 0.1) is 23.4 Å². The van der Waals surface area contributed by atoms with Crippen molar-refractivity contribution in [1.82, 2.24) is 4.98 Å². The molecule has 4 rings (SSSR count). The Bertz CT molecular complexity index is 1070. The van der Waals surface area contributed by atoms with Gasteiger partial charge in [-0.3, -0.25) is 0 Å². The van der Waals surface area contributed by atoms with Gasteiger partial charge in [-0.25, -0.2) is 4.99 Å². The molecule has 0 saturated heterocycles. The maximum absolute atomic E-state index is 10.5. The summed E-state index contributed by atoms with van der Waals surface area (Å²) in [7, 11) is 0. The van der Waals surface area contributed by atoms with E-state index in [-0.39, 0.29) is 12.5 Å². The molecule has 0 radical (unpaired) electrons. The summed E-state index contributed by atoms with van der Waals surface area (Å²) in [5.74, 6) is -0.0160. The predicted molar refractivity (Wildman–Crippen MR) is 106 cm³/mol. The molecule has 0 bridgehead atoms. The number of benzene rings is 2. The van der Waals surface area contributed by atoms with E-state index in [0.717, 1.165) is 20.9 Å². The quantitative estimate of drug-likeness (QED) is 0.467. The van der Waals surface area contributed by atoms with Gasteiger partial charge in [0, 0.05) is 15.4 Å². The van der Waals surface area contributed by atoms with E-state index in [1.54, 1.807) is 0 Å². The number of fused-ring (bicyclic) bond motifs is 2. The third kappa shape index (κ3) is 3.23. The van der Waals surface area contributed by atoms with Crippen molar-refractivity contribution in [3.8, 4) is 5.88 Å². The summed E-state index contributed by atoms with van der Waals surface area (Å²) < 4.78 is 0.884. The van der Waals surface area contributed by atoms with Gasteiger partial charge in [-0.15, -0.1) is 0 Å². The van der Waals surface area contributed by atoms with E-state index in [2.05, 4.69) is 31.1 Å². The molecule has 1 atom stereocenters. The van der Waals surface area contributed by atoms with Crippen molar-refractivity contribution >= 4 is 43.9 Å². The molecule has 138 valence electrons. The lowest BCUT2D eigenvalue weighted by molar-refractivity contribution is 0.00858. The zero-order valence-corrected chi connectivity index (χ0v) is 15.6. The number of para-hydroxylation sites is 1. The second-order valence-corrected chi connectivity index (χ2v) is 7.00. The Morgan fingerprint density at radius 1 is 1.22 bits per heavy atom. The molecular formula is C19H16BrN3O4. The number of hydrogen-bond donors (Lipinski definition) is 4. The molecule has 1 aromatic heterocycles. The Morgan fingerprint density at radius 3 is 2.85 bits per heavy atom. The lowest BCUT2D eigenvalue weighted by Crippen LogP contribution is -2.19. The van der Waals surface area contributed by atoms with Crippen LogP contribution in [0.3, 0.4) is 0 Å². The number of aromatic nitrogens is 1. The van der Waals surface area contributed by atoms with Crippen LogP contribution in [0.15, 0.2) is 57.1 Å². The third-order valence-corrected chi connectivity index (χ3v) is 4.72. The van der Waals surface area contributed by atoms with Crippen LogP contribution in [-0.2, 0) is 4.84 Å². The summed E-state index contributed by atoms with van der Waals surface area (Å²) in [4.78, 5) is 12.8. The van der Waals surface area contributed by atoms with Crippen LogP contribution >= 0.6 is 15.9 Å². The van der Waals surface area contributed by atoms with Crippen LogP contribution in [0.25, 0.3) is 10.9 Å². The Hall–Kier alpha value is -2.68. The fourth-order valence-corrected chi connectivity index (χ4v) is 3.34. The van der Waals surface area contributed by atoms with Gasteiger partial charge in [-0.2, -0.15) is 0 Å². The number of aromatic amines is 1. The van der Waals surface area contributed by atoms with E-state index in [4.69, 9.17) is 9.94 Å². The van der Waals surface area contributed by atoms with Crippen molar-refractivity contribution in [3.05, 3.63) is 58.1 Å². The minimum absolute atomic E-state index is 0.0160. The van der Waals surface area contributed by atoms with Crippen molar-refractivity contribution in [2.75, 3.05) is 13.2 Å². The molecule has 2 heterocycles. The molecule has 0 amide bonds. The average molecular weight is 430 g/mol. The Balaban J connectivity index is 1.81. The van der Waals surface area contributed by atoms with Crippen molar-refractivity contribution < 1.29 is 20.2 Å². The van der Waals surface area contributed by atoms with Crippen LogP contribution in [-0.4, -0.2) is 51.0 Å². The predicted octanol–water partition coefficient (Wildman–Crippen LogP) is 2.84. The van der Waals surface area contributed by atoms with E-state index in [0.29, 0.717) is 22.7 Å². The first-order valence-corrected chi connectivity index (χ1v) is 9.05. The molecule has 1 aliphatic rings. The van der Waals surface area contributed by atoms with Crippen LogP contribution in [0.1, 0.15) is 11.1 Å². The van der Waals surface area contributed by atoms with Crippen LogP contribution < -0.4 is 0 Å². The zero-order chi connectivity index (χ0) is 19.0. The second kappa shape index (κ2) is 7.15. The van der Waals surface area contributed by atoms with Crippen LogP contribution in [0, 0.1) is 0 Å². The van der Waals surface area contributed by atoms with Gasteiger partial charge >= 0.3 is 0 Å². The minimum Gasteiger partial charge on any atom is -0.494 e. The summed E-state index contributed by atoms with van der Waals surface area (Å²) in [6.07, 6.45) is -1.02. The molecule has 27 heavy (non-hydrogen) atoms. The number of nitrogens with one attached hydrogen (secondary N) is 1. The van der Waals surface area contributed by atoms with Gasteiger partial charge in [0.25, 0.3) is 0 Å². The SMILES string of the molecule is OCC(O)CO/N=C1\C(c2c(O)[nH]c3cc(Br)ccc23)=Nc2ccccc21. The molecule has 0 saturated carbocycles. The Kier molecular flexibility index (Phi) is 4.69. The zero-order valence-electron chi connectivity index (χ0n) is 14.1. The number of oxime groups is 1. The van der Waals surface area contributed by atoms with Gasteiger partial charge in [0.1, 0.15) is 24.1 Å². The van der Waals surface area contributed by atoms with Gasteiger partial charge in [0.2, 0.25) is 0 Å². The van der Waals surface area contributed by atoms with E-state index in [1.165, 1.54) is 0 Å². The van der Waals surface area contributed by atoms with Crippen LogP contribution in [0.5, 0.6) is 5.88 Å². The first kappa shape index (κ1) is 17.7. The highest BCUT2D eigenvalue weighted by Crippen LogP contribution is 2.36. The first-order valence-electron chi connectivity index (χ1n) is 8.26. The molecule has 8 heteroatoms. The maximum atomic E-state index is 10.5. The number of aromatic hydroxyl groups is 1. The molecule has 1 aliphatic heterocycles. The van der Waals surface area contributed by atoms with Crippen LogP contribution in [0.2, 0.25) is 0 Å². The monoisotopic (exact) mass is 429 g/mol. The average Bonchev–Trinajstić information content (AvgIpc) is 3.17. The van der Waals surface area contributed by atoms with E-state index >= 15 is 0 Å². The van der Waals surface area contributed by atoms with Crippen molar-refractivity contribution in [2.45, 2.75) is 6.10 Å². The fourth-order valence-electron chi connectivity index (χ4n) is 2.97. The van der Waals surface area contributed by atoms with E-state index in [9.17, 15) is 10.2 Å². The van der Waals surface area contributed by atoms with Gasteiger partial charge in [-0.1, -0.05) is 45.4 Å². The second-order valence-electron chi connectivity index (χ2n) is 6.09. The summed E-state index contributed by atoms with van der Waals surface area (Å²) in [6, 6.07) is 13.1. The molecule has 4 N–H and O–H groups in total. The smallest absolute Gasteiger partial charge is 0.199 e. The third-order valence-electron chi connectivity index (χ3n) is 4.23. The van der Waals surface area contributed by atoms with Crippen molar-refractivity contribution in [2.24, 2.45) is 10.1 Å². The molecule has 3 aromatic rings. The lowest BCUT2D eigenvalue weighted by Gasteiger charge is -2.07. The molecular weight excluding hydrogens is 414 g/mol. The fraction of sp³-hybridized carbons (Fsp3) is 0.158.